The SMILES string of the molecule is C[C@H](Sc1ccc(S(=O)(=O)N2CCN(C)CC2)cn1)C(=O)N1CC(=O)Nc2ccccc21. The van der Waals surface area contributed by atoms with Crippen molar-refractivity contribution in [2.45, 2.75) is 22.1 Å². The number of hydrogen-bond acceptors (Lipinski definition) is 7. The number of amides is 2. The van der Waals surface area contributed by atoms with Gasteiger partial charge in [0.1, 0.15) is 11.4 Å². The Balaban J connectivity index is 1.45. The van der Waals surface area contributed by atoms with Crippen LogP contribution in [0.2, 0.25) is 0 Å². The highest BCUT2D eigenvalue weighted by molar-refractivity contribution is 8.00. The van der Waals surface area contributed by atoms with E-state index in [1.54, 1.807) is 31.2 Å². The zero-order chi connectivity index (χ0) is 22.9. The van der Waals surface area contributed by atoms with Gasteiger partial charge in [-0.2, -0.15) is 4.31 Å². The van der Waals surface area contributed by atoms with Gasteiger partial charge in [0, 0.05) is 32.4 Å². The van der Waals surface area contributed by atoms with E-state index in [9.17, 15) is 18.0 Å². The van der Waals surface area contributed by atoms with Crippen molar-refractivity contribution >= 4 is 45.0 Å². The number of fused-ring (bicyclic) bond motifs is 1. The standard InChI is InChI=1S/C21H25N5O4S2/c1-15(21(28)26-14-19(27)23-17-5-3-4-6-18(17)26)31-20-8-7-16(13-22-20)32(29,30)25-11-9-24(2)10-12-25/h3-8,13,15H,9-12,14H2,1-2H3,(H,23,27)/t15-/m0/s1. The number of para-hydroxylation sites is 2. The molecule has 1 saturated heterocycles. The minimum absolute atomic E-state index is 0.0453. The van der Waals surface area contributed by atoms with E-state index >= 15 is 0 Å². The molecule has 0 spiro atoms. The first-order valence-corrected chi connectivity index (χ1v) is 12.6. The van der Waals surface area contributed by atoms with Gasteiger partial charge in [-0.25, -0.2) is 13.4 Å². The van der Waals surface area contributed by atoms with Gasteiger partial charge < -0.3 is 10.2 Å². The summed E-state index contributed by atoms with van der Waals surface area (Å²) in [6, 6.07) is 10.3. The number of rotatable bonds is 5. The zero-order valence-corrected chi connectivity index (χ0v) is 19.5. The number of sulfonamides is 1. The molecule has 1 aromatic carbocycles. The van der Waals surface area contributed by atoms with E-state index in [2.05, 4.69) is 15.2 Å². The summed E-state index contributed by atoms with van der Waals surface area (Å²) in [6.07, 6.45) is 1.34. The van der Waals surface area contributed by atoms with Crippen LogP contribution in [0.3, 0.4) is 0 Å². The summed E-state index contributed by atoms with van der Waals surface area (Å²) in [7, 11) is -1.62. The largest absolute Gasteiger partial charge is 0.323 e. The van der Waals surface area contributed by atoms with Crippen molar-refractivity contribution in [1.29, 1.82) is 0 Å². The lowest BCUT2D eigenvalue weighted by Crippen LogP contribution is -2.47. The average molecular weight is 476 g/mol. The highest BCUT2D eigenvalue weighted by Crippen LogP contribution is 2.32. The number of pyridine rings is 1. The van der Waals surface area contributed by atoms with E-state index in [0.29, 0.717) is 42.6 Å². The minimum Gasteiger partial charge on any atom is -0.323 e. The van der Waals surface area contributed by atoms with Crippen LogP contribution in [0.1, 0.15) is 6.92 Å². The predicted molar refractivity (Wildman–Crippen MR) is 123 cm³/mol. The molecule has 2 aliphatic heterocycles. The van der Waals surface area contributed by atoms with Crippen LogP contribution >= 0.6 is 11.8 Å². The van der Waals surface area contributed by atoms with E-state index < -0.39 is 15.3 Å². The summed E-state index contributed by atoms with van der Waals surface area (Å²) in [5.41, 5.74) is 1.26. The Bertz CT molecular complexity index is 1120. The maximum Gasteiger partial charge on any atom is 0.244 e. The van der Waals surface area contributed by atoms with Crippen LogP contribution in [0.25, 0.3) is 0 Å². The lowest BCUT2D eigenvalue weighted by Gasteiger charge is -2.31. The fraction of sp³-hybridized carbons (Fsp3) is 0.381. The molecule has 1 aromatic heterocycles. The first-order valence-electron chi connectivity index (χ1n) is 10.3. The number of carbonyl (C=O) groups excluding carboxylic acids is 2. The first kappa shape index (κ1) is 22.7. The molecule has 9 nitrogen and oxygen atoms in total. The summed E-state index contributed by atoms with van der Waals surface area (Å²) in [6.45, 7) is 3.99. The monoisotopic (exact) mass is 475 g/mol. The number of aromatic nitrogens is 1. The van der Waals surface area contributed by atoms with Gasteiger partial charge in [-0.15, -0.1) is 0 Å². The molecule has 1 fully saturated rings. The van der Waals surface area contributed by atoms with Crippen LogP contribution in [0.5, 0.6) is 0 Å². The summed E-state index contributed by atoms with van der Waals surface area (Å²) in [5, 5.41) is 2.79. The number of benzene rings is 1. The van der Waals surface area contributed by atoms with E-state index in [4.69, 9.17) is 0 Å². The lowest BCUT2D eigenvalue weighted by molar-refractivity contribution is -0.121. The highest BCUT2D eigenvalue weighted by atomic mass is 32.2. The smallest absolute Gasteiger partial charge is 0.244 e. The molecule has 2 amide bonds. The maximum atomic E-state index is 13.1. The zero-order valence-electron chi connectivity index (χ0n) is 17.9. The van der Waals surface area contributed by atoms with Crippen LogP contribution in [-0.2, 0) is 19.6 Å². The van der Waals surface area contributed by atoms with Gasteiger partial charge >= 0.3 is 0 Å². The number of nitrogens with one attached hydrogen (secondary N) is 1. The maximum absolute atomic E-state index is 13.1. The van der Waals surface area contributed by atoms with Crippen molar-refractivity contribution in [1.82, 2.24) is 14.2 Å². The van der Waals surface area contributed by atoms with E-state index in [1.165, 1.54) is 33.2 Å². The summed E-state index contributed by atoms with van der Waals surface area (Å²) in [5.74, 6) is -0.459. The minimum atomic E-state index is -3.59. The van der Waals surface area contributed by atoms with Crippen LogP contribution in [-0.4, -0.2) is 79.4 Å². The first-order chi connectivity index (χ1) is 15.3. The lowest BCUT2D eigenvalue weighted by atomic mass is 10.2. The topological polar surface area (TPSA) is 103 Å². The molecule has 0 unspecified atom stereocenters. The van der Waals surface area contributed by atoms with Gasteiger partial charge in [0.25, 0.3) is 0 Å². The number of piperazine rings is 1. The third-order valence-corrected chi connectivity index (χ3v) is 8.41. The number of carbonyl (C=O) groups is 2. The second-order valence-corrected chi connectivity index (χ2v) is 11.1. The second kappa shape index (κ2) is 9.18. The van der Waals surface area contributed by atoms with Gasteiger partial charge in [-0.1, -0.05) is 23.9 Å². The molecule has 170 valence electrons. The molecular formula is C21H25N5O4S2. The molecule has 0 radical (unpaired) electrons. The Morgan fingerprint density at radius 3 is 2.53 bits per heavy atom. The van der Waals surface area contributed by atoms with Crippen molar-refractivity contribution < 1.29 is 18.0 Å². The van der Waals surface area contributed by atoms with Crippen molar-refractivity contribution in [3.05, 3.63) is 42.6 Å². The normalized spacial score (nSPS) is 18.7. The van der Waals surface area contributed by atoms with E-state index in [-0.39, 0.29) is 23.3 Å². The van der Waals surface area contributed by atoms with E-state index in [1.807, 2.05) is 13.1 Å². The number of nitrogens with zero attached hydrogens (tertiary/aromatic N) is 4. The van der Waals surface area contributed by atoms with Gasteiger partial charge in [0.05, 0.1) is 21.7 Å². The Kier molecular flexibility index (Phi) is 6.52. The molecule has 3 heterocycles. The number of thioether (sulfide) groups is 1. The Morgan fingerprint density at radius 1 is 1.12 bits per heavy atom. The fourth-order valence-electron chi connectivity index (χ4n) is 3.65. The van der Waals surface area contributed by atoms with Crippen molar-refractivity contribution in [2.24, 2.45) is 0 Å². The van der Waals surface area contributed by atoms with Gasteiger partial charge in [0.2, 0.25) is 21.8 Å². The van der Waals surface area contributed by atoms with Crippen LogP contribution in [0, 0.1) is 0 Å². The van der Waals surface area contributed by atoms with Crippen LogP contribution < -0.4 is 10.2 Å². The molecule has 11 heteroatoms. The predicted octanol–water partition coefficient (Wildman–Crippen LogP) is 1.48. The van der Waals surface area contributed by atoms with Gasteiger partial charge in [-0.3, -0.25) is 14.5 Å². The summed E-state index contributed by atoms with van der Waals surface area (Å²) >= 11 is 1.23. The molecule has 2 aromatic rings. The fourth-order valence-corrected chi connectivity index (χ4v) is 5.87. The summed E-state index contributed by atoms with van der Waals surface area (Å²) in [4.78, 5) is 33.1. The molecule has 2 aliphatic rings. The molecule has 32 heavy (non-hydrogen) atoms. The van der Waals surface area contributed by atoms with Crippen LogP contribution in [0.4, 0.5) is 11.4 Å². The Hall–Kier alpha value is -2.47. The highest BCUT2D eigenvalue weighted by Gasteiger charge is 2.31. The van der Waals surface area contributed by atoms with Gasteiger partial charge in [0.15, 0.2) is 0 Å². The number of likely N-dealkylation sites (N-methyl/N-ethyl adjacent to an activating group) is 1. The quantitative estimate of drug-likeness (QED) is 0.654. The third-order valence-electron chi connectivity index (χ3n) is 5.49. The third kappa shape index (κ3) is 4.65. The average Bonchev–Trinajstić information content (AvgIpc) is 2.78. The molecular weight excluding hydrogens is 450 g/mol. The molecule has 0 saturated carbocycles. The Morgan fingerprint density at radius 2 is 1.84 bits per heavy atom. The number of anilines is 2. The molecule has 1 N–H and O–H groups in total. The van der Waals surface area contributed by atoms with E-state index in [0.717, 1.165) is 0 Å². The van der Waals surface area contributed by atoms with Crippen molar-refractivity contribution in [2.75, 3.05) is 50.0 Å². The second-order valence-electron chi connectivity index (χ2n) is 7.79. The molecule has 0 bridgehead atoms. The summed E-state index contributed by atoms with van der Waals surface area (Å²) < 4.78 is 27.2. The molecule has 0 aliphatic carbocycles. The molecule has 1 atom stereocenters. The van der Waals surface area contributed by atoms with Crippen LogP contribution in [0.15, 0.2) is 52.5 Å². The number of hydrogen-bond donors (Lipinski definition) is 1. The van der Waals surface area contributed by atoms with Gasteiger partial charge in [-0.05, 0) is 38.2 Å². The van der Waals surface area contributed by atoms with Crippen molar-refractivity contribution in [3.8, 4) is 0 Å². The molecule has 4 rings (SSSR count). The Labute approximate surface area is 191 Å². The van der Waals surface area contributed by atoms with Crippen molar-refractivity contribution in [3.63, 3.8) is 0 Å².